The maximum atomic E-state index is 11.2. The molecule has 19 heavy (non-hydrogen) atoms. The zero-order chi connectivity index (χ0) is 14.2. The SMILES string of the molecule is COc1cc2c(C(C)C(=O)O)c(C)[nH]c2cc1C#N. The number of nitrogens with one attached hydrogen (secondary N) is 1. The van der Waals surface area contributed by atoms with Gasteiger partial charge in [0, 0.05) is 16.6 Å². The summed E-state index contributed by atoms with van der Waals surface area (Å²) in [5.74, 6) is -1.05. The number of fused-ring (bicyclic) bond motifs is 1. The molecule has 1 aromatic carbocycles. The first-order chi connectivity index (χ1) is 8.99. The van der Waals surface area contributed by atoms with Gasteiger partial charge in [0.05, 0.1) is 18.6 Å². The molecule has 0 aliphatic rings. The summed E-state index contributed by atoms with van der Waals surface area (Å²) in [4.78, 5) is 14.3. The van der Waals surface area contributed by atoms with E-state index < -0.39 is 11.9 Å². The highest BCUT2D eigenvalue weighted by Gasteiger charge is 2.22. The Morgan fingerprint density at radius 2 is 2.21 bits per heavy atom. The smallest absolute Gasteiger partial charge is 0.310 e. The molecule has 0 bridgehead atoms. The summed E-state index contributed by atoms with van der Waals surface area (Å²) in [5.41, 5.74) is 2.69. The Morgan fingerprint density at radius 3 is 2.74 bits per heavy atom. The van der Waals surface area contributed by atoms with E-state index in [4.69, 9.17) is 15.1 Å². The van der Waals surface area contributed by atoms with Crippen LogP contribution in [0.5, 0.6) is 5.75 Å². The van der Waals surface area contributed by atoms with Crippen molar-refractivity contribution in [3.05, 3.63) is 29.0 Å². The zero-order valence-corrected chi connectivity index (χ0v) is 10.9. The normalized spacial score (nSPS) is 12.1. The molecule has 0 radical (unpaired) electrons. The number of aliphatic carboxylic acids is 1. The first kappa shape index (κ1) is 13.0. The second kappa shape index (κ2) is 4.65. The van der Waals surface area contributed by atoms with E-state index in [9.17, 15) is 4.79 Å². The third-order valence-corrected chi connectivity index (χ3v) is 3.28. The number of rotatable bonds is 3. The summed E-state index contributed by atoms with van der Waals surface area (Å²) in [6.07, 6.45) is 0. The first-order valence-corrected chi connectivity index (χ1v) is 5.82. The number of aryl methyl sites for hydroxylation is 1. The van der Waals surface area contributed by atoms with Gasteiger partial charge in [-0.15, -0.1) is 0 Å². The number of carboxylic acids is 1. The van der Waals surface area contributed by atoms with Crippen LogP contribution in [0.4, 0.5) is 0 Å². The Labute approximate surface area is 110 Å². The van der Waals surface area contributed by atoms with Gasteiger partial charge in [0.1, 0.15) is 11.8 Å². The molecule has 1 aromatic heterocycles. The number of aromatic amines is 1. The minimum absolute atomic E-state index is 0.422. The lowest BCUT2D eigenvalue weighted by atomic mass is 9.97. The predicted molar refractivity (Wildman–Crippen MR) is 70.4 cm³/mol. The molecule has 1 unspecified atom stereocenters. The minimum Gasteiger partial charge on any atom is -0.495 e. The van der Waals surface area contributed by atoms with Crippen molar-refractivity contribution in [2.75, 3.05) is 7.11 Å². The Kier molecular flexibility index (Phi) is 3.17. The molecule has 2 N–H and O–H groups in total. The molecule has 1 atom stereocenters. The monoisotopic (exact) mass is 258 g/mol. The van der Waals surface area contributed by atoms with Gasteiger partial charge in [-0.1, -0.05) is 0 Å². The third-order valence-electron chi connectivity index (χ3n) is 3.28. The van der Waals surface area contributed by atoms with Crippen molar-refractivity contribution in [1.29, 1.82) is 5.26 Å². The van der Waals surface area contributed by atoms with Crippen LogP contribution in [0, 0.1) is 18.3 Å². The van der Waals surface area contributed by atoms with Crippen LogP contribution in [0.15, 0.2) is 12.1 Å². The third kappa shape index (κ3) is 2.02. The van der Waals surface area contributed by atoms with E-state index in [2.05, 4.69) is 11.1 Å². The lowest BCUT2D eigenvalue weighted by Gasteiger charge is -2.08. The van der Waals surface area contributed by atoms with E-state index in [1.165, 1.54) is 7.11 Å². The Bertz CT molecular complexity index is 695. The van der Waals surface area contributed by atoms with Gasteiger partial charge in [-0.05, 0) is 31.5 Å². The molecule has 98 valence electrons. The highest BCUT2D eigenvalue weighted by Crippen LogP contribution is 2.33. The topological polar surface area (TPSA) is 86.1 Å². The summed E-state index contributed by atoms with van der Waals surface area (Å²) in [7, 11) is 1.49. The number of methoxy groups -OCH3 is 1. The van der Waals surface area contributed by atoms with Gasteiger partial charge in [0.2, 0.25) is 0 Å². The van der Waals surface area contributed by atoms with Crippen molar-refractivity contribution in [1.82, 2.24) is 4.98 Å². The zero-order valence-electron chi connectivity index (χ0n) is 10.9. The van der Waals surface area contributed by atoms with Crippen LogP contribution >= 0.6 is 0 Å². The number of H-pyrrole nitrogens is 1. The lowest BCUT2D eigenvalue weighted by molar-refractivity contribution is -0.138. The number of hydrogen-bond acceptors (Lipinski definition) is 3. The molecule has 2 rings (SSSR count). The molecule has 0 saturated carbocycles. The molecule has 5 nitrogen and oxygen atoms in total. The number of hydrogen-bond donors (Lipinski definition) is 2. The molecule has 2 aromatic rings. The van der Waals surface area contributed by atoms with Gasteiger partial charge in [-0.25, -0.2) is 0 Å². The summed E-state index contributed by atoms with van der Waals surface area (Å²) in [6.45, 7) is 3.47. The second-order valence-corrected chi connectivity index (χ2v) is 4.43. The Hall–Kier alpha value is -2.48. The van der Waals surface area contributed by atoms with E-state index in [1.807, 2.05) is 6.92 Å². The van der Waals surface area contributed by atoms with Gasteiger partial charge in [-0.2, -0.15) is 5.26 Å². The van der Waals surface area contributed by atoms with Crippen molar-refractivity contribution in [2.45, 2.75) is 19.8 Å². The summed E-state index contributed by atoms with van der Waals surface area (Å²) >= 11 is 0. The highest BCUT2D eigenvalue weighted by molar-refractivity contribution is 5.92. The largest absolute Gasteiger partial charge is 0.495 e. The van der Waals surface area contributed by atoms with Crippen molar-refractivity contribution in [3.8, 4) is 11.8 Å². The quantitative estimate of drug-likeness (QED) is 0.885. The van der Waals surface area contributed by atoms with Crippen molar-refractivity contribution >= 4 is 16.9 Å². The maximum absolute atomic E-state index is 11.2. The number of benzene rings is 1. The van der Waals surface area contributed by atoms with Crippen molar-refractivity contribution in [3.63, 3.8) is 0 Å². The summed E-state index contributed by atoms with van der Waals surface area (Å²) < 4.78 is 5.16. The molecule has 0 aliphatic heterocycles. The molecule has 5 heteroatoms. The molecular weight excluding hydrogens is 244 g/mol. The number of carboxylic acid groups (broad SMARTS) is 1. The average Bonchev–Trinajstić information content (AvgIpc) is 2.70. The van der Waals surface area contributed by atoms with Crippen LogP contribution < -0.4 is 4.74 Å². The van der Waals surface area contributed by atoms with Gasteiger partial charge in [0.15, 0.2) is 0 Å². The van der Waals surface area contributed by atoms with E-state index in [0.717, 1.165) is 22.2 Å². The van der Waals surface area contributed by atoms with Crippen LogP contribution in [0.2, 0.25) is 0 Å². The van der Waals surface area contributed by atoms with Crippen molar-refractivity contribution < 1.29 is 14.6 Å². The van der Waals surface area contributed by atoms with E-state index in [1.54, 1.807) is 19.1 Å². The van der Waals surface area contributed by atoms with Crippen molar-refractivity contribution in [2.24, 2.45) is 0 Å². The van der Waals surface area contributed by atoms with Crippen LogP contribution in [-0.2, 0) is 4.79 Å². The fourth-order valence-corrected chi connectivity index (χ4v) is 2.32. The van der Waals surface area contributed by atoms with Crippen LogP contribution in [0.3, 0.4) is 0 Å². The van der Waals surface area contributed by atoms with Gasteiger partial charge < -0.3 is 14.8 Å². The highest BCUT2D eigenvalue weighted by atomic mass is 16.5. The minimum atomic E-state index is -0.882. The number of nitrogens with zero attached hydrogens (tertiary/aromatic N) is 1. The van der Waals surface area contributed by atoms with E-state index in [-0.39, 0.29) is 0 Å². The van der Waals surface area contributed by atoms with Gasteiger partial charge in [0.25, 0.3) is 0 Å². The molecule has 0 fully saturated rings. The van der Waals surface area contributed by atoms with Gasteiger partial charge in [-0.3, -0.25) is 4.79 Å². The van der Waals surface area contributed by atoms with Crippen LogP contribution in [-0.4, -0.2) is 23.2 Å². The number of ether oxygens (including phenoxy) is 1. The summed E-state index contributed by atoms with van der Waals surface area (Å²) in [5, 5.41) is 19.0. The number of nitriles is 1. The first-order valence-electron chi connectivity index (χ1n) is 5.82. The number of aromatic nitrogens is 1. The van der Waals surface area contributed by atoms with Crippen LogP contribution in [0.1, 0.15) is 29.7 Å². The molecule has 0 spiro atoms. The predicted octanol–water partition coefficient (Wildman–Crippen LogP) is 2.54. The van der Waals surface area contributed by atoms with E-state index >= 15 is 0 Å². The maximum Gasteiger partial charge on any atom is 0.310 e. The standard InChI is InChI=1S/C14H14N2O3/c1-7(14(17)18)13-8(2)16-11-4-9(6-15)12(19-3)5-10(11)13/h4-5,7,16H,1-3H3,(H,17,18). The van der Waals surface area contributed by atoms with Gasteiger partial charge >= 0.3 is 5.97 Å². The Morgan fingerprint density at radius 1 is 1.53 bits per heavy atom. The summed E-state index contributed by atoms with van der Waals surface area (Å²) in [6, 6.07) is 5.45. The van der Waals surface area contributed by atoms with Crippen LogP contribution in [0.25, 0.3) is 10.9 Å². The Balaban J connectivity index is 2.76. The second-order valence-electron chi connectivity index (χ2n) is 4.43. The van der Waals surface area contributed by atoms with E-state index in [0.29, 0.717) is 11.3 Å². The molecular formula is C14H14N2O3. The molecule has 0 amide bonds. The number of carbonyl (C=O) groups is 1. The molecule has 0 saturated heterocycles. The molecule has 0 aliphatic carbocycles. The molecule has 1 heterocycles. The fourth-order valence-electron chi connectivity index (χ4n) is 2.32. The average molecular weight is 258 g/mol. The fraction of sp³-hybridized carbons (Fsp3) is 0.286. The lowest BCUT2D eigenvalue weighted by Crippen LogP contribution is -2.08.